The second-order valence-corrected chi connectivity index (χ2v) is 4.41. The number of aryl methyl sites for hydroxylation is 1. The van der Waals surface area contributed by atoms with Crippen LogP contribution < -0.4 is 11.1 Å². The average molecular weight is 279 g/mol. The van der Waals surface area contributed by atoms with E-state index in [0.29, 0.717) is 17.1 Å². The molecule has 0 spiro atoms. The summed E-state index contributed by atoms with van der Waals surface area (Å²) in [6, 6.07) is 5.26. The maximum atomic E-state index is 13.1. The van der Waals surface area contributed by atoms with Crippen molar-refractivity contribution >= 4 is 28.7 Å². The van der Waals surface area contributed by atoms with Crippen molar-refractivity contribution in [2.45, 2.75) is 6.92 Å². The van der Waals surface area contributed by atoms with E-state index < -0.39 is 11.6 Å². The second kappa shape index (κ2) is 5.27. The normalized spacial score (nSPS) is 10.3. The van der Waals surface area contributed by atoms with E-state index >= 15 is 0 Å². The monoisotopic (exact) mass is 279 g/mol. The van der Waals surface area contributed by atoms with Gasteiger partial charge in [0.15, 0.2) is 11.6 Å². The Morgan fingerprint density at radius 3 is 2.63 bits per heavy atom. The van der Waals surface area contributed by atoms with Crippen LogP contribution in [0.15, 0.2) is 30.5 Å². The van der Waals surface area contributed by atoms with Crippen LogP contribution in [0.25, 0.3) is 0 Å². The zero-order valence-corrected chi connectivity index (χ0v) is 10.9. The van der Waals surface area contributed by atoms with Gasteiger partial charge in [0.05, 0.1) is 5.56 Å². The second-order valence-electron chi connectivity index (χ2n) is 3.97. The zero-order valence-electron chi connectivity index (χ0n) is 10.1. The number of nitrogens with zero attached hydrogens (tertiary/aromatic N) is 1. The minimum absolute atomic E-state index is 0.190. The number of halogens is 2. The lowest BCUT2D eigenvalue weighted by Gasteiger charge is -2.12. The third-order valence-corrected chi connectivity index (χ3v) is 2.79. The first-order valence-corrected chi connectivity index (χ1v) is 5.87. The van der Waals surface area contributed by atoms with Crippen LogP contribution in [0, 0.1) is 18.6 Å². The predicted octanol–water partition coefficient (Wildman–Crippen LogP) is 3.05. The highest BCUT2D eigenvalue weighted by atomic mass is 32.1. The van der Waals surface area contributed by atoms with Gasteiger partial charge in [-0.05, 0) is 30.7 Å². The summed E-state index contributed by atoms with van der Waals surface area (Å²) in [6.45, 7) is 1.84. The average Bonchev–Trinajstić information content (AvgIpc) is 2.33. The van der Waals surface area contributed by atoms with Crippen LogP contribution in [0.2, 0.25) is 0 Å². The summed E-state index contributed by atoms with van der Waals surface area (Å²) in [6.07, 6.45) is 1.58. The van der Waals surface area contributed by atoms with Crippen LogP contribution in [0.1, 0.15) is 11.1 Å². The Morgan fingerprint density at radius 1 is 1.26 bits per heavy atom. The lowest BCUT2D eigenvalue weighted by molar-refractivity contribution is 0.509. The molecule has 0 radical (unpaired) electrons. The molecule has 0 saturated heterocycles. The van der Waals surface area contributed by atoms with Crippen LogP contribution in [0.4, 0.5) is 20.3 Å². The van der Waals surface area contributed by atoms with Gasteiger partial charge in [-0.15, -0.1) is 0 Å². The first kappa shape index (κ1) is 13.4. The fraction of sp³-hybridized carbons (Fsp3) is 0.0769. The van der Waals surface area contributed by atoms with E-state index in [4.69, 9.17) is 18.0 Å². The van der Waals surface area contributed by atoms with E-state index in [1.165, 1.54) is 6.07 Å². The maximum absolute atomic E-state index is 13.1. The van der Waals surface area contributed by atoms with E-state index in [2.05, 4.69) is 10.3 Å². The molecule has 2 rings (SSSR count). The highest BCUT2D eigenvalue weighted by molar-refractivity contribution is 7.80. The minimum atomic E-state index is -0.936. The number of benzene rings is 1. The Balaban J connectivity index is 2.40. The molecule has 3 nitrogen and oxygen atoms in total. The number of anilines is 2. The molecular formula is C13H11F2N3S. The summed E-state index contributed by atoms with van der Waals surface area (Å²) in [5, 5.41) is 2.88. The summed E-state index contributed by atoms with van der Waals surface area (Å²) in [7, 11) is 0. The smallest absolute Gasteiger partial charge is 0.160 e. The summed E-state index contributed by atoms with van der Waals surface area (Å²) in [5.41, 5.74) is 7.45. The molecule has 1 aromatic heterocycles. The van der Waals surface area contributed by atoms with E-state index in [1.807, 2.05) is 6.92 Å². The molecule has 0 saturated carbocycles. The Morgan fingerprint density at radius 2 is 2.00 bits per heavy atom. The number of nitrogens with one attached hydrogen (secondary N) is 1. The highest BCUT2D eigenvalue weighted by Crippen LogP contribution is 2.22. The van der Waals surface area contributed by atoms with Crippen LogP contribution >= 0.6 is 12.2 Å². The summed E-state index contributed by atoms with van der Waals surface area (Å²) >= 11 is 4.96. The van der Waals surface area contributed by atoms with Crippen molar-refractivity contribution in [3.05, 3.63) is 53.2 Å². The first-order chi connectivity index (χ1) is 8.99. The van der Waals surface area contributed by atoms with Gasteiger partial charge in [-0.3, -0.25) is 0 Å². The highest BCUT2D eigenvalue weighted by Gasteiger charge is 2.11. The predicted molar refractivity (Wildman–Crippen MR) is 74.5 cm³/mol. The molecule has 2 aromatic rings. The van der Waals surface area contributed by atoms with Gasteiger partial charge >= 0.3 is 0 Å². The van der Waals surface area contributed by atoms with Crippen LogP contribution in [0.3, 0.4) is 0 Å². The summed E-state index contributed by atoms with van der Waals surface area (Å²) in [4.78, 5) is 4.30. The van der Waals surface area contributed by atoms with Gasteiger partial charge in [0.1, 0.15) is 10.8 Å². The fourth-order valence-electron chi connectivity index (χ4n) is 1.67. The van der Waals surface area contributed by atoms with Crippen LogP contribution in [0.5, 0.6) is 0 Å². The van der Waals surface area contributed by atoms with Crippen LogP contribution in [-0.2, 0) is 0 Å². The first-order valence-electron chi connectivity index (χ1n) is 5.46. The molecule has 1 heterocycles. The van der Waals surface area contributed by atoms with E-state index in [-0.39, 0.29) is 4.99 Å². The quantitative estimate of drug-likeness (QED) is 0.848. The standard InChI is InChI=1S/C13H11F2N3S/c1-7-4-5-17-13(11(7)12(16)19)18-8-2-3-9(14)10(15)6-8/h2-6H,1H3,(H2,16,19)(H,17,18). The molecule has 0 fully saturated rings. The third kappa shape index (κ3) is 2.85. The van der Waals surface area contributed by atoms with E-state index in [0.717, 1.165) is 17.7 Å². The molecule has 0 amide bonds. The van der Waals surface area contributed by atoms with Gasteiger partial charge in [0.2, 0.25) is 0 Å². The Hall–Kier alpha value is -2.08. The molecule has 1 aromatic carbocycles. The van der Waals surface area contributed by atoms with Crippen molar-refractivity contribution in [1.82, 2.24) is 4.98 Å². The van der Waals surface area contributed by atoms with Gasteiger partial charge in [-0.2, -0.15) is 0 Å². The molecule has 0 aliphatic heterocycles. The molecule has 3 N–H and O–H groups in total. The lowest BCUT2D eigenvalue weighted by atomic mass is 10.1. The minimum Gasteiger partial charge on any atom is -0.389 e. The SMILES string of the molecule is Cc1ccnc(Nc2ccc(F)c(F)c2)c1C(N)=S. The van der Waals surface area contributed by atoms with Crippen molar-refractivity contribution in [3.8, 4) is 0 Å². The number of rotatable bonds is 3. The number of aromatic nitrogens is 1. The van der Waals surface area contributed by atoms with Gasteiger partial charge in [-0.1, -0.05) is 12.2 Å². The lowest BCUT2D eigenvalue weighted by Crippen LogP contribution is -2.14. The molecule has 0 aliphatic carbocycles. The maximum Gasteiger partial charge on any atom is 0.160 e. The molecule has 19 heavy (non-hydrogen) atoms. The van der Waals surface area contributed by atoms with Gasteiger partial charge < -0.3 is 11.1 Å². The van der Waals surface area contributed by atoms with Crippen LogP contribution in [-0.4, -0.2) is 9.97 Å². The van der Waals surface area contributed by atoms with Gasteiger partial charge in [0.25, 0.3) is 0 Å². The number of nitrogens with two attached hydrogens (primary N) is 1. The zero-order chi connectivity index (χ0) is 14.0. The van der Waals surface area contributed by atoms with Crippen molar-refractivity contribution in [2.24, 2.45) is 5.73 Å². The summed E-state index contributed by atoms with van der Waals surface area (Å²) in [5.74, 6) is -1.43. The number of pyridine rings is 1. The molecule has 0 unspecified atom stereocenters. The molecule has 0 atom stereocenters. The van der Waals surface area contributed by atoms with Crippen molar-refractivity contribution in [1.29, 1.82) is 0 Å². The molecule has 0 bridgehead atoms. The van der Waals surface area contributed by atoms with Crippen molar-refractivity contribution in [3.63, 3.8) is 0 Å². The largest absolute Gasteiger partial charge is 0.389 e. The number of thiocarbonyl (C=S) groups is 1. The fourth-order valence-corrected chi connectivity index (χ4v) is 1.93. The Kier molecular flexibility index (Phi) is 3.71. The van der Waals surface area contributed by atoms with Gasteiger partial charge in [-0.25, -0.2) is 13.8 Å². The van der Waals surface area contributed by atoms with E-state index in [1.54, 1.807) is 12.3 Å². The Bertz CT molecular complexity index is 644. The Labute approximate surface area is 114 Å². The van der Waals surface area contributed by atoms with Crippen molar-refractivity contribution in [2.75, 3.05) is 5.32 Å². The number of hydrogen-bond donors (Lipinski definition) is 2. The molecule has 6 heteroatoms. The molecule has 98 valence electrons. The topological polar surface area (TPSA) is 50.9 Å². The van der Waals surface area contributed by atoms with Crippen molar-refractivity contribution < 1.29 is 8.78 Å². The molecular weight excluding hydrogens is 268 g/mol. The molecule has 0 aliphatic rings. The van der Waals surface area contributed by atoms with E-state index in [9.17, 15) is 8.78 Å². The van der Waals surface area contributed by atoms with Gasteiger partial charge in [0, 0.05) is 18.0 Å². The third-order valence-electron chi connectivity index (χ3n) is 2.59. The summed E-state index contributed by atoms with van der Waals surface area (Å²) < 4.78 is 26.0. The number of hydrogen-bond acceptors (Lipinski definition) is 3.